The molecule has 0 spiro atoms. The average Bonchev–Trinajstić information content (AvgIpc) is 3.50. The highest BCUT2D eigenvalue weighted by molar-refractivity contribution is 14.0. The lowest BCUT2D eigenvalue weighted by atomic mass is 9.85. The molecular formula is C21H25IN4O4. The SMILES string of the molecule is CN=C(NCCN1C(=O)C2C3C=CC(C3)C2C1=O)NCc1ccc2c(c1)OCO2.I. The number of guanidine groups is 1. The Bertz CT molecular complexity index is 888. The molecule has 2 amide bonds. The number of nitrogens with zero attached hydrogens (tertiary/aromatic N) is 2. The van der Waals surface area contributed by atoms with Crippen LogP contribution >= 0.6 is 24.0 Å². The summed E-state index contributed by atoms with van der Waals surface area (Å²) < 4.78 is 10.7. The molecule has 2 bridgehead atoms. The van der Waals surface area contributed by atoms with E-state index >= 15 is 0 Å². The lowest BCUT2D eigenvalue weighted by molar-refractivity contribution is -0.140. The van der Waals surface area contributed by atoms with Gasteiger partial charge < -0.3 is 20.1 Å². The van der Waals surface area contributed by atoms with E-state index in [0.717, 1.165) is 23.5 Å². The molecule has 4 aliphatic rings. The minimum atomic E-state index is -0.138. The van der Waals surface area contributed by atoms with Gasteiger partial charge >= 0.3 is 0 Å². The third-order valence-electron chi connectivity index (χ3n) is 6.31. The molecule has 0 radical (unpaired) electrons. The second kappa shape index (κ2) is 8.44. The van der Waals surface area contributed by atoms with Crippen molar-refractivity contribution in [3.63, 3.8) is 0 Å². The van der Waals surface area contributed by atoms with E-state index in [-0.39, 0.29) is 66.3 Å². The number of carbonyl (C=O) groups excluding carboxylic acids is 2. The molecule has 2 N–H and O–H groups in total. The van der Waals surface area contributed by atoms with Gasteiger partial charge in [-0.3, -0.25) is 19.5 Å². The summed E-state index contributed by atoms with van der Waals surface area (Å²) in [6.07, 6.45) is 5.18. The van der Waals surface area contributed by atoms with Crippen molar-refractivity contribution in [3.05, 3.63) is 35.9 Å². The van der Waals surface area contributed by atoms with Gasteiger partial charge in [-0.1, -0.05) is 18.2 Å². The number of hydrogen-bond acceptors (Lipinski definition) is 5. The summed E-state index contributed by atoms with van der Waals surface area (Å²) in [4.78, 5) is 31.1. The first-order valence-electron chi connectivity index (χ1n) is 10.0. The zero-order valence-electron chi connectivity index (χ0n) is 16.7. The summed E-state index contributed by atoms with van der Waals surface area (Å²) in [5, 5.41) is 6.42. The topological polar surface area (TPSA) is 92.3 Å². The van der Waals surface area contributed by atoms with Crippen molar-refractivity contribution in [1.29, 1.82) is 0 Å². The van der Waals surface area contributed by atoms with Crippen LogP contribution in [0.5, 0.6) is 11.5 Å². The highest BCUT2D eigenvalue weighted by Crippen LogP contribution is 2.52. The molecule has 2 fully saturated rings. The summed E-state index contributed by atoms with van der Waals surface area (Å²) in [5.41, 5.74) is 1.04. The molecule has 1 aromatic carbocycles. The molecule has 1 saturated heterocycles. The number of likely N-dealkylation sites (tertiary alicyclic amines) is 1. The molecule has 1 saturated carbocycles. The van der Waals surface area contributed by atoms with Gasteiger partial charge in [0.2, 0.25) is 18.6 Å². The molecule has 5 rings (SSSR count). The van der Waals surface area contributed by atoms with Gasteiger partial charge in [0.1, 0.15) is 0 Å². The second-order valence-electron chi connectivity index (χ2n) is 7.87. The molecular weight excluding hydrogens is 499 g/mol. The van der Waals surface area contributed by atoms with E-state index in [1.165, 1.54) is 4.90 Å². The van der Waals surface area contributed by atoms with E-state index in [0.29, 0.717) is 25.6 Å². The summed E-state index contributed by atoms with van der Waals surface area (Å²) in [5.74, 6) is 2.30. The van der Waals surface area contributed by atoms with Crippen molar-refractivity contribution in [2.45, 2.75) is 13.0 Å². The van der Waals surface area contributed by atoms with Crippen LogP contribution in [-0.2, 0) is 16.1 Å². The van der Waals surface area contributed by atoms with Crippen molar-refractivity contribution < 1.29 is 19.1 Å². The minimum absolute atomic E-state index is 0. The van der Waals surface area contributed by atoms with E-state index in [4.69, 9.17) is 9.47 Å². The molecule has 4 unspecified atom stereocenters. The number of allylic oxidation sites excluding steroid dienone is 2. The maximum absolute atomic E-state index is 12.7. The first-order valence-corrected chi connectivity index (χ1v) is 10.0. The van der Waals surface area contributed by atoms with Crippen molar-refractivity contribution in [2.75, 3.05) is 26.9 Å². The fourth-order valence-corrected chi connectivity index (χ4v) is 4.93. The first kappa shape index (κ1) is 21.0. The Morgan fingerprint density at radius 1 is 1.10 bits per heavy atom. The van der Waals surface area contributed by atoms with E-state index in [1.54, 1.807) is 7.05 Å². The summed E-state index contributed by atoms with van der Waals surface area (Å²) in [7, 11) is 1.69. The molecule has 30 heavy (non-hydrogen) atoms. The highest BCUT2D eigenvalue weighted by Gasteiger charge is 2.58. The molecule has 2 aliphatic heterocycles. The highest BCUT2D eigenvalue weighted by atomic mass is 127. The number of aliphatic imine (C=N–C) groups is 1. The number of benzene rings is 1. The number of halogens is 1. The Morgan fingerprint density at radius 2 is 1.80 bits per heavy atom. The predicted molar refractivity (Wildman–Crippen MR) is 121 cm³/mol. The van der Waals surface area contributed by atoms with Crippen molar-refractivity contribution in [3.8, 4) is 11.5 Å². The van der Waals surface area contributed by atoms with Crippen LogP contribution < -0.4 is 20.1 Å². The first-order chi connectivity index (χ1) is 14.2. The van der Waals surface area contributed by atoms with Crippen LogP contribution in [0.15, 0.2) is 35.3 Å². The van der Waals surface area contributed by atoms with E-state index in [2.05, 4.69) is 27.8 Å². The lowest BCUT2D eigenvalue weighted by Gasteiger charge is -2.18. The van der Waals surface area contributed by atoms with Gasteiger partial charge in [0.25, 0.3) is 0 Å². The van der Waals surface area contributed by atoms with Gasteiger partial charge in [-0.15, -0.1) is 24.0 Å². The largest absolute Gasteiger partial charge is 0.454 e. The maximum atomic E-state index is 12.7. The Hall–Kier alpha value is -2.30. The number of carbonyl (C=O) groups is 2. The van der Waals surface area contributed by atoms with E-state index in [1.807, 2.05) is 18.2 Å². The fourth-order valence-electron chi connectivity index (χ4n) is 4.93. The predicted octanol–water partition coefficient (Wildman–Crippen LogP) is 1.51. The fraction of sp³-hybridized carbons (Fsp3) is 0.476. The Morgan fingerprint density at radius 3 is 2.50 bits per heavy atom. The Balaban J connectivity index is 0.00000218. The lowest BCUT2D eigenvalue weighted by Crippen LogP contribution is -2.43. The van der Waals surface area contributed by atoms with Gasteiger partial charge in [-0.05, 0) is 36.0 Å². The van der Waals surface area contributed by atoms with Crippen molar-refractivity contribution in [1.82, 2.24) is 15.5 Å². The maximum Gasteiger partial charge on any atom is 0.233 e. The van der Waals surface area contributed by atoms with Crippen LogP contribution in [0, 0.1) is 23.7 Å². The number of imide groups is 1. The Labute approximate surface area is 192 Å². The quantitative estimate of drug-likeness (QED) is 0.200. The second-order valence-corrected chi connectivity index (χ2v) is 7.87. The summed E-state index contributed by atoms with van der Waals surface area (Å²) in [6, 6.07) is 5.79. The number of fused-ring (bicyclic) bond motifs is 6. The van der Waals surface area contributed by atoms with Crippen LogP contribution in [0.4, 0.5) is 0 Å². The number of amides is 2. The number of ether oxygens (including phenoxy) is 2. The number of rotatable bonds is 5. The molecule has 2 heterocycles. The van der Waals surface area contributed by atoms with Gasteiger partial charge in [-0.2, -0.15) is 0 Å². The minimum Gasteiger partial charge on any atom is -0.454 e. The molecule has 2 aliphatic carbocycles. The standard InChI is InChI=1S/C21H24N4O4.HI/c1-22-21(24-10-12-2-5-15-16(8-12)29-11-28-15)23-6-7-25-19(26)17-13-3-4-14(9-13)18(17)20(25)27;/h2-5,8,13-14,17-18H,6-7,9-11H2,1H3,(H2,22,23,24);1H. The van der Waals surface area contributed by atoms with Crippen molar-refractivity contribution in [2.24, 2.45) is 28.7 Å². The van der Waals surface area contributed by atoms with Gasteiger partial charge in [0.15, 0.2) is 17.5 Å². The third kappa shape index (κ3) is 3.52. The Kier molecular flexibility index (Phi) is 5.90. The summed E-state index contributed by atoms with van der Waals surface area (Å²) in [6.45, 7) is 1.63. The molecule has 160 valence electrons. The third-order valence-corrected chi connectivity index (χ3v) is 6.31. The van der Waals surface area contributed by atoms with Gasteiger partial charge in [-0.25, -0.2) is 0 Å². The van der Waals surface area contributed by atoms with Crippen LogP contribution in [0.2, 0.25) is 0 Å². The van der Waals surface area contributed by atoms with E-state index < -0.39 is 0 Å². The molecule has 0 aromatic heterocycles. The van der Waals surface area contributed by atoms with Gasteiger partial charge in [0, 0.05) is 26.7 Å². The van der Waals surface area contributed by atoms with Crippen LogP contribution in [0.3, 0.4) is 0 Å². The van der Waals surface area contributed by atoms with Crippen LogP contribution in [0.25, 0.3) is 0 Å². The summed E-state index contributed by atoms with van der Waals surface area (Å²) >= 11 is 0. The normalized spacial score (nSPS) is 28.0. The average molecular weight is 524 g/mol. The zero-order valence-corrected chi connectivity index (χ0v) is 19.0. The smallest absolute Gasteiger partial charge is 0.233 e. The monoisotopic (exact) mass is 524 g/mol. The number of nitrogens with one attached hydrogen (secondary N) is 2. The molecule has 1 aromatic rings. The zero-order chi connectivity index (χ0) is 20.0. The van der Waals surface area contributed by atoms with E-state index in [9.17, 15) is 9.59 Å². The molecule has 9 heteroatoms. The molecule has 4 atom stereocenters. The number of hydrogen-bond donors (Lipinski definition) is 2. The van der Waals surface area contributed by atoms with Crippen molar-refractivity contribution >= 4 is 41.8 Å². The van der Waals surface area contributed by atoms with Crippen LogP contribution in [-0.4, -0.2) is 49.6 Å². The molecule has 8 nitrogen and oxygen atoms in total. The van der Waals surface area contributed by atoms with Gasteiger partial charge in [0.05, 0.1) is 11.8 Å². The van der Waals surface area contributed by atoms with Crippen LogP contribution in [0.1, 0.15) is 12.0 Å².